The van der Waals surface area contributed by atoms with E-state index in [1.54, 1.807) is 11.8 Å². The van der Waals surface area contributed by atoms with Crippen molar-refractivity contribution in [2.75, 3.05) is 12.3 Å². The molecule has 1 unspecified atom stereocenters. The molecule has 1 amide bonds. The van der Waals surface area contributed by atoms with Gasteiger partial charge in [-0.3, -0.25) is 4.79 Å². The van der Waals surface area contributed by atoms with Crippen molar-refractivity contribution in [1.82, 2.24) is 4.90 Å². The lowest BCUT2D eigenvalue weighted by Gasteiger charge is -2.24. The average Bonchev–Trinajstić information content (AvgIpc) is 2.62. The minimum atomic E-state index is 0.230. The number of benzene rings is 1. The van der Waals surface area contributed by atoms with Gasteiger partial charge in [0.15, 0.2) is 0 Å². The minimum absolute atomic E-state index is 0.230. The third-order valence-corrected chi connectivity index (χ3v) is 4.12. The maximum absolute atomic E-state index is 11.8. The van der Waals surface area contributed by atoms with Crippen LogP contribution in [0.3, 0.4) is 0 Å². The fourth-order valence-corrected chi connectivity index (χ4v) is 3.37. The molecule has 1 saturated heterocycles. The molecule has 2 nitrogen and oxygen atoms in total. The van der Waals surface area contributed by atoms with E-state index < -0.39 is 0 Å². The van der Waals surface area contributed by atoms with Crippen molar-refractivity contribution >= 4 is 17.7 Å². The molecule has 0 radical (unpaired) electrons. The van der Waals surface area contributed by atoms with E-state index in [9.17, 15) is 4.79 Å². The van der Waals surface area contributed by atoms with Gasteiger partial charge in [0, 0.05) is 6.54 Å². The summed E-state index contributed by atoms with van der Waals surface area (Å²) in [6.45, 7) is 5.10. The molecular weight excluding hydrogens is 218 g/mol. The maximum atomic E-state index is 11.8. The standard InChI is InChI=1S/C13H17NOS/c1-3-8-14-12(15)9-16-13(14)11-7-5-4-6-10(11)2/h4-7,13H,3,8-9H2,1-2H3. The summed E-state index contributed by atoms with van der Waals surface area (Å²) >= 11 is 1.74. The quantitative estimate of drug-likeness (QED) is 0.802. The molecule has 1 aliphatic rings. The molecule has 1 heterocycles. The van der Waals surface area contributed by atoms with E-state index in [1.165, 1.54) is 11.1 Å². The van der Waals surface area contributed by atoms with Crippen LogP contribution in [-0.4, -0.2) is 23.1 Å². The predicted molar refractivity (Wildman–Crippen MR) is 68.4 cm³/mol. The Morgan fingerprint density at radius 1 is 1.44 bits per heavy atom. The Balaban J connectivity index is 2.27. The summed E-state index contributed by atoms with van der Waals surface area (Å²) in [4.78, 5) is 13.8. The lowest BCUT2D eigenvalue weighted by atomic mass is 10.1. The number of amides is 1. The van der Waals surface area contributed by atoms with Crippen LogP contribution in [0.5, 0.6) is 0 Å². The first-order chi connectivity index (χ1) is 7.74. The lowest BCUT2D eigenvalue weighted by molar-refractivity contribution is -0.128. The van der Waals surface area contributed by atoms with E-state index in [0.29, 0.717) is 5.75 Å². The van der Waals surface area contributed by atoms with Crippen LogP contribution in [0.2, 0.25) is 0 Å². The molecule has 1 atom stereocenters. The first-order valence-corrected chi connectivity index (χ1v) is 6.75. The molecule has 16 heavy (non-hydrogen) atoms. The maximum Gasteiger partial charge on any atom is 0.233 e. The molecule has 1 aliphatic heterocycles. The van der Waals surface area contributed by atoms with Gasteiger partial charge >= 0.3 is 0 Å². The molecule has 1 aromatic carbocycles. The molecule has 0 spiro atoms. The Labute approximate surface area is 101 Å². The van der Waals surface area contributed by atoms with Crippen LogP contribution >= 0.6 is 11.8 Å². The molecule has 3 heteroatoms. The zero-order valence-corrected chi connectivity index (χ0v) is 10.6. The Hall–Kier alpha value is -0.960. The van der Waals surface area contributed by atoms with E-state index >= 15 is 0 Å². The van der Waals surface area contributed by atoms with Crippen LogP contribution in [0.15, 0.2) is 24.3 Å². The van der Waals surface area contributed by atoms with E-state index in [0.717, 1.165) is 13.0 Å². The van der Waals surface area contributed by atoms with E-state index in [2.05, 4.69) is 32.0 Å². The number of rotatable bonds is 3. The van der Waals surface area contributed by atoms with Crippen molar-refractivity contribution in [3.8, 4) is 0 Å². The van der Waals surface area contributed by atoms with Gasteiger partial charge in [0.25, 0.3) is 0 Å². The van der Waals surface area contributed by atoms with Crippen molar-refractivity contribution in [3.63, 3.8) is 0 Å². The van der Waals surface area contributed by atoms with Gasteiger partial charge in [-0.2, -0.15) is 0 Å². The molecule has 0 N–H and O–H groups in total. The van der Waals surface area contributed by atoms with E-state index in [-0.39, 0.29) is 11.3 Å². The zero-order chi connectivity index (χ0) is 11.5. The largest absolute Gasteiger partial charge is 0.326 e. The van der Waals surface area contributed by atoms with Crippen molar-refractivity contribution in [3.05, 3.63) is 35.4 Å². The van der Waals surface area contributed by atoms with Gasteiger partial charge in [-0.05, 0) is 24.5 Å². The predicted octanol–water partition coefficient (Wildman–Crippen LogP) is 2.98. The van der Waals surface area contributed by atoms with Crippen LogP contribution in [0.25, 0.3) is 0 Å². The number of carbonyl (C=O) groups excluding carboxylic acids is 1. The van der Waals surface area contributed by atoms with E-state index in [1.807, 2.05) is 11.0 Å². The Bertz CT molecular complexity index is 391. The third kappa shape index (κ3) is 2.09. The van der Waals surface area contributed by atoms with Gasteiger partial charge in [0.05, 0.1) is 5.75 Å². The highest BCUT2D eigenvalue weighted by Crippen LogP contribution is 2.39. The second-order valence-corrected chi connectivity index (χ2v) is 5.18. The summed E-state index contributed by atoms with van der Waals surface area (Å²) in [7, 11) is 0. The molecule has 0 aromatic heterocycles. The smallest absolute Gasteiger partial charge is 0.233 e. The van der Waals surface area contributed by atoms with Crippen LogP contribution < -0.4 is 0 Å². The zero-order valence-electron chi connectivity index (χ0n) is 9.77. The van der Waals surface area contributed by atoms with Crippen LogP contribution in [0.4, 0.5) is 0 Å². The van der Waals surface area contributed by atoms with E-state index in [4.69, 9.17) is 0 Å². The lowest BCUT2D eigenvalue weighted by Crippen LogP contribution is -2.29. The monoisotopic (exact) mass is 235 g/mol. The number of aryl methyl sites for hydroxylation is 1. The molecule has 0 aliphatic carbocycles. The molecule has 0 saturated carbocycles. The number of nitrogens with zero attached hydrogens (tertiary/aromatic N) is 1. The normalized spacial score (nSPS) is 20.5. The van der Waals surface area contributed by atoms with Crippen LogP contribution in [0, 0.1) is 6.92 Å². The minimum Gasteiger partial charge on any atom is -0.326 e. The first kappa shape index (κ1) is 11.5. The summed E-state index contributed by atoms with van der Waals surface area (Å²) in [5.41, 5.74) is 2.56. The van der Waals surface area contributed by atoms with Gasteiger partial charge in [0.2, 0.25) is 5.91 Å². The van der Waals surface area contributed by atoms with Crippen LogP contribution in [-0.2, 0) is 4.79 Å². The Morgan fingerprint density at radius 3 is 2.88 bits per heavy atom. The Kier molecular flexibility index (Phi) is 3.54. The third-order valence-electron chi connectivity index (χ3n) is 2.89. The van der Waals surface area contributed by atoms with Gasteiger partial charge in [0.1, 0.15) is 5.37 Å². The van der Waals surface area contributed by atoms with Crippen molar-refractivity contribution in [2.45, 2.75) is 25.6 Å². The highest BCUT2D eigenvalue weighted by atomic mass is 32.2. The topological polar surface area (TPSA) is 20.3 Å². The van der Waals surface area contributed by atoms with Gasteiger partial charge < -0.3 is 4.90 Å². The number of hydrogen-bond acceptors (Lipinski definition) is 2. The van der Waals surface area contributed by atoms with Crippen molar-refractivity contribution < 1.29 is 4.79 Å². The Morgan fingerprint density at radius 2 is 2.19 bits per heavy atom. The van der Waals surface area contributed by atoms with Gasteiger partial charge in [-0.15, -0.1) is 11.8 Å². The van der Waals surface area contributed by atoms with Gasteiger partial charge in [-0.1, -0.05) is 31.2 Å². The fraction of sp³-hybridized carbons (Fsp3) is 0.462. The number of carbonyl (C=O) groups is 1. The summed E-state index contributed by atoms with van der Waals surface area (Å²) < 4.78 is 0. The molecule has 2 rings (SSSR count). The highest BCUT2D eigenvalue weighted by molar-refractivity contribution is 8.00. The second-order valence-electron chi connectivity index (χ2n) is 4.11. The molecule has 86 valence electrons. The molecule has 1 aromatic rings. The number of thioether (sulfide) groups is 1. The molecule has 0 bridgehead atoms. The second kappa shape index (κ2) is 4.91. The SMILES string of the molecule is CCCN1C(=O)CSC1c1ccccc1C. The van der Waals surface area contributed by atoms with Crippen molar-refractivity contribution in [2.24, 2.45) is 0 Å². The van der Waals surface area contributed by atoms with Crippen LogP contribution in [0.1, 0.15) is 29.8 Å². The first-order valence-electron chi connectivity index (χ1n) is 5.70. The molecular formula is C13H17NOS. The summed E-state index contributed by atoms with van der Waals surface area (Å²) in [5, 5.41) is 0.230. The molecule has 1 fully saturated rings. The van der Waals surface area contributed by atoms with Crippen molar-refractivity contribution in [1.29, 1.82) is 0 Å². The highest BCUT2D eigenvalue weighted by Gasteiger charge is 2.32. The summed E-state index contributed by atoms with van der Waals surface area (Å²) in [6.07, 6.45) is 1.02. The summed E-state index contributed by atoms with van der Waals surface area (Å²) in [6, 6.07) is 8.34. The van der Waals surface area contributed by atoms with Gasteiger partial charge in [-0.25, -0.2) is 0 Å². The summed E-state index contributed by atoms with van der Waals surface area (Å²) in [5.74, 6) is 0.902. The number of hydrogen-bond donors (Lipinski definition) is 0. The fourth-order valence-electron chi connectivity index (χ4n) is 2.06. The average molecular weight is 235 g/mol.